The van der Waals surface area contributed by atoms with E-state index in [0.717, 1.165) is 0 Å². The minimum absolute atomic E-state index is 0.116. The van der Waals surface area contributed by atoms with Crippen LogP contribution in [-0.4, -0.2) is 29.3 Å². The molecule has 0 heterocycles. The van der Waals surface area contributed by atoms with Crippen molar-refractivity contribution in [2.24, 2.45) is 10.9 Å². The van der Waals surface area contributed by atoms with E-state index >= 15 is 0 Å². The smallest absolute Gasteiger partial charge is 0.328 e. The molecular formula is C14H17NO4. The Morgan fingerprint density at radius 2 is 1.95 bits per heavy atom. The maximum absolute atomic E-state index is 11.0. The molecular weight excluding hydrogens is 246 g/mol. The predicted molar refractivity (Wildman–Crippen MR) is 71.6 cm³/mol. The van der Waals surface area contributed by atoms with Crippen LogP contribution in [0.3, 0.4) is 0 Å². The van der Waals surface area contributed by atoms with Gasteiger partial charge in [-0.1, -0.05) is 26.0 Å². The summed E-state index contributed by atoms with van der Waals surface area (Å²) in [6.45, 7) is 4.88. The Labute approximate surface area is 111 Å². The number of rotatable bonds is 5. The van der Waals surface area contributed by atoms with Crippen molar-refractivity contribution in [3.63, 3.8) is 0 Å². The first-order valence-electron chi connectivity index (χ1n) is 5.95. The van der Waals surface area contributed by atoms with Crippen molar-refractivity contribution >= 4 is 18.2 Å². The third kappa shape index (κ3) is 4.54. The van der Waals surface area contributed by atoms with Crippen molar-refractivity contribution < 1.29 is 19.4 Å². The van der Waals surface area contributed by atoms with E-state index < -0.39 is 18.0 Å². The van der Waals surface area contributed by atoms with Gasteiger partial charge in [0.05, 0.1) is 0 Å². The first kappa shape index (κ1) is 14.9. The number of ether oxygens (including phenoxy) is 1. The second-order valence-corrected chi connectivity index (χ2v) is 4.44. The average molecular weight is 263 g/mol. The topological polar surface area (TPSA) is 76.0 Å². The van der Waals surface area contributed by atoms with Gasteiger partial charge < -0.3 is 9.84 Å². The molecule has 0 bridgehead atoms. The molecule has 0 radical (unpaired) electrons. The van der Waals surface area contributed by atoms with Crippen LogP contribution in [0.2, 0.25) is 0 Å². The molecule has 0 aliphatic rings. The van der Waals surface area contributed by atoms with Crippen molar-refractivity contribution in [2.75, 3.05) is 0 Å². The van der Waals surface area contributed by atoms with Gasteiger partial charge in [0.2, 0.25) is 0 Å². The largest absolute Gasteiger partial charge is 0.480 e. The summed E-state index contributed by atoms with van der Waals surface area (Å²) in [4.78, 5) is 26.0. The summed E-state index contributed by atoms with van der Waals surface area (Å²) >= 11 is 0. The van der Waals surface area contributed by atoms with Crippen LogP contribution in [0.15, 0.2) is 29.3 Å². The minimum Gasteiger partial charge on any atom is -0.480 e. The molecule has 1 aromatic carbocycles. The molecule has 1 rings (SSSR count). The van der Waals surface area contributed by atoms with Gasteiger partial charge in [0.15, 0.2) is 0 Å². The highest BCUT2D eigenvalue weighted by Gasteiger charge is 2.19. The molecule has 5 nitrogen and oxygen atoms in total. The average Bonchev–Trinajstić information content (AvgIpc) is 2.29. The lowest BCUT2D eigenvalue weighted by Gasteiger charge is -2.11. The lowest BCUT2D eigenvalue weighted by Crippen LogP contribution is -2.24. The Morgan fingerprint density at radius 1 is 1.32 bits per heavy atom. The zero-order valence-corrected chi connectivity index (χ0v) is 11.2. The highest BCUT2D eigenvalue weighted by Crippen LogP contribution is 2.17. The van der Waals surface area contributed by atoms with E-state index in [1.165, 1.54) is 13.1 Å². The van der Waals surface area contributed by atoms with Crippen LogP contribution >= 0.6 is 0 Å². The van der Waals surface area contributed by atoms with Crippen LogP contribution in [0.5, 0.6) is 5.75 Å². The zero-order valence-electron chi connectivity index (χ0n) is 11.2. The molecule has 1 N–H and O–H groups in total. The third-order valence-corrected chi connectivity index (χ3v) is 2.43. The lowest BCUT2D eigenvalue weighted by molar-refractivity contribution is -0.139. The van der Waals surface area contributed by atoms with Gasteiger partial charge in [-0.05, 0) is 18.1 Å². The van der Waals surface area contributed by atoms with Gasteiger partial charge in [-0.15, -0.1) is 0 Å². The first-order valence-corrected chi connectivity index (χ1v) is 5.95. The third-order valence-electron chi connectivity index (χ3n) is 2.43. The summed E-state index contributed by atoms with van der Waals surface area (Å²) in [7, 11) is 0. The number of aliphatic imine (C=N–C) groups is 1. The molecule has 0 unspecified atom stereocenters. The maximum Gasteiger partial charge on any atom is 0.328 e. The lowest BCUT2D eigenvalue weighted by atomic mass is 10.1. The van der Waals surface area contributed by atoms with E-state index in [4.69, 9.17) is 9.84 Å². The van der Waals surface area contributed by atoms with Crippen molar-refractivity contribution in [3.05, 3.63) is 29.8 Å². The molecule has 0 saturated heterocycles. The quantitative estimate of drug-likeness (QED) is 0.501. The van der Waals surface area contributed by atoms with E-state index in [2.05, 4.69) is 4.99 Å². The normalized spacial score (nSPS) is 12.6. The number of benzene rings is 1. The van der Waals surface area contributed by atoms with Crippen molar-refractivity contribution in [3.8, 4) is 5.75 Å². The van der Waals surface area contributed by atoms with Gasteiger partial charge in [-0.2, -0.15) is 0 Å². The number of aliphatic carboxylic acids is 1. The van der Waals surface area contributed by atoms with E-state index in [0.29, 0.717) is 11.3 Å². The van der Waals surface area contributed by atoms with Crippen LogP contribution in [-0.2, 0) is 9.59 Å². The van der Waals surface area contributed by atoms with Gasteiger partial charge in [0.1, 0.15) is 11.8 Å². The fourth-order valence-electron chi connectivity index (χ4n) is 1.52. The van der Waals surface area contributed by atoms with Gasteiger partial charge in [0.25, 0.3) is 0 Å². The molecule has 0 spiro atoms. The van der Waals surface area contributed by atoms with Crippen LogP contribution < -0.4 is 4.74 Å². The van der Waals surface area contributed by atoms with Crippen LogP contribution in [0.25, 0.3) is 0 Å². The second-order valence-electron chi connectivity index (χ2n) is 4.44. The second kappa shape index (κ2) is 6.68. The summed E-state index contributed by atoms with van der Waals surface area (Å²) in [5.74, 6) is -1.16. The minimum atomic E-state index is -0.976. The van der Waals surface area contributed by atoms with Crippen molar-refractivity contribution in [1.82, 2.24) is 0 Å². The number of carbonyl (C=O) groups is 2. The Hall–Kier alpha value is -2.17. The summed E-state index contributed by atoms with van der Waals surface area (Å²) in [5.41, 5.74) is 0.574. The van der Waals surface area contributed by atoms with Gasteiger partial charge >= 0.3 is 11.9 Å². The van der Waals surface area contributed by atoms with Crippen LogP contribution in [0, 0.1) is 5.92 Å². The number of hydrogen-bond acceptors (Lipinski definition) is 4. The molecule has 0 fully saturated rings. The van der Waals surface area contributed by atoms with E-state index in [-0.39, 0.29) is 5.92 Å². The van der Waals surface area contributed by atoms with E-state index in [1.54, 1.807) is 38.1 Å². The van der Waals surface area contributed by atoms with Gasteiger partial charge in [-0.3, -0.25) is 9.79 Å². The summed E-state index contributed by atoms with van der Waals surface area (Å²) in [5, 5.41) is 9.04. The molecule has 5 heteroatoms. The number of para-hydroxylation sites is 1. The monoisotopic (exact) mass is 263 g/mol. The first-order chi connectivity index (χ1) is 8.91. The number of carbonyl (C=O) groups excluding carboxylic acids is 1. The molecule has 0 saturated carbocycles. The Morgan fingerprint density at radius 3 is 2.47 bits per heavy atom. The molecule has 1 atom stereocenters. The highest BCUT2D eigenvalue weighted by molar-refractivity contribution is 5.87. The number of carboxylic acids is 1. The predicted octanol–water partition coefficient (Wildman–Crippen LogP) is 2.14. The van der Waals surface area contributed by atoms with Gasteiger partial charge in [-0.25, -0.2) is 4.79 Å². The molecule has 0 aliphatic heterocycles. The highest BCUT2D eigenvalue weighted by atomic mass is 16.5. The molecule has 102 valence electrons. The SMILES string of the molecule is CC(=O)Oc1ccccc1C=N[C@H](C(=O)O)C(C)C. The Bertz CT molecular complexity index is 494. The van der Waals surface area contributed by atoms with Gasteiger partial charge in [0, 0.05) is 18.7 Å². The fourth-order valence-corrected chi connectivity index (χ4v) is 1.52. The van der Waals surface area contributed by atoms with E-state index in [9.17, 15) is 9.59 Å². The number of carboxylic acid groups (broad SMARTS) is 1. The maximum atomic E-state index is 11.0. The van der Waals surface area contributed by atoms with Crippen LogP contribution in [0.4, 0.5) is 0 Å². The Kier molecular flexibility index (Phi) is 5.23. The summed E-state index contributed by atoms with van der Waals surface area (Å²) in [6.07, 6.45) is 1.43. The molecule has 0 amide bonds. The molecule has 0 aliphatic carbocycles. The molecule has 19 heavy (non-hydrogen) atoms. The van der Waals surface area contributed by atoms with Crippen molar-refractivity contribution in [2.45, 2.75) is 26.8 Å². The fraction of sp³-hybridized carbons (Fsp3) is 0.357. The molecule has 0 aromatic heterocycles. The Balaban J connectivity index is 2.97. The van der Waals surface area contributed by atoms with E-state index in [1.807, 2.05) is 0 Å². The summed E-state index contributed by atoms with van der Waals surface area (Å²) in [6, 6.07) is 6.02. The summed E-state index contributed by atoms with van der Waals surface area (Å²) < 4.78 is 5.02. The number of hydrogen-bond donors (Lipinski definition) is 1. The molecule has 1 aromatic rings. The number of nitrogens with zero attached hydrogens (tertiary/aromatic N) is 1. The zero-order chi connectivity index (χ0) is 14.4. The van der Waals surface area contributed by atoms with Crippen LogP contribution in [0.1, 0.15) is 26.3 Å². The van der Waals surface area contributed by atoms with Crippen molar-refractivity contribution in [1.29, 1.82) is 0 Å². The standard InChI is InChI=1S/C14H17NO4/c1-9(2)13(14(17)18)15-8-11-6-4-5-7-12(11)19-10(3)16/h4-9,13H,1-3H3,(H,17,18)/t13-/m0/s1. The number of esters is 1.